The molecule has 2 N–H and O–H groups in total. The van der Waals surface area contributed by atoms with Crippen LogP contribution in [0.25, 0.3) is 16.7 Å². The molecule has 0 spiro atoms. The van der Waals surface area contributed by atoms with E-state index in [1.807, 2.05) is 0 Å². The number of para-hydroxylation sites is 1. The normalized spacial score (nSPS) is 11.1. The molecule has 3 aromatic rings. The molecule has 6 heteroatoms. The molecule has 3 nitrogen and oxygen atoms in total. The molecule has 1 heterocycles. The van der Waals surface area contributed by atoms with Crippen LogP contribution in [0, 0.1) is 11.6 Å². The lowest BCUT2D eigenvalue weighted by molar-refractivity contribution is 0.582. The number of nitrogen functional groups attached to an aromatic ring is 1. The van der Waals surface area contributed by atoms with Gasteiger partial charge in [0.2, 0.25) is 5.95 Å². The molecule has 2 aromatic carbocycles. The molecule has 0 saturated carbocycles. The summed E-state index contributed by atoms with van der Waals surface area (Å²) >= 11 is 6.10. The Hall–Kier alpha value is -2.14. The molecule has 0 bridgehead atoms. The Kier molecular flexibility index (Phi) is 2.64. The number of halogens is 3. The number of hydrogen-bond donors (Lipinski definition) is 1. The SMILES string of the molecule is Nc1nc2cccc(Cl)c2n1-c1cc(F)cc(F)c1. The van der Waals surface area contributed by atoms with E-state index in [4.69, 9.17) is 17.3 Å². The molecule has 0 amide bonds. The van der Waals surface area contributed by atoms with Crippen molar-refractivity contribution in [3.63, 3.8) is 0 Å². The van der Waals surface area contributed by atoms with Crippen molar-refractivity contribution in [3.8, 4) is 5.69 Å². The van der Waals surface area contributed by atoms with E-state index in [2.05, 4.69) is 4.98 Å². The summed E-state index contributed by atoms with van der Waals surface area (Å²) in [6, 6.07) is 8.25. The number of imidazole rings is 1. The average Bonchev–Trinajstić information content (AvgIpc) is 2.65. The van der Waals surface area contributed by atoms with Crippen molar-refractivity contribution in [1.82, 2.24) is 9.55 Å². The molecule has 0 radical (unpaired) electrons. The zero-order chi connectivity index (χ0) is 13.6. The van der Waals surface area contributed by atoms with Crippen LogP contribution in [0.15, 0.2) is 36.4 Å². The van der Waals surface area contributed by atoms with Gasteiger partial charge in [0.15, 0.2) is 0 Å². The number of nitrogens with zero attached hydrogens (tertiary/aromatic N) is 2. The number of aromatic nitrogens is 2. The number of fused-ring (bicyclic) bond motifs is 1. The molecule has 3 rings (SSSR count). The van der Waals surface area contributed by atoms with Crippen LogP contribution >= 0.6 is 11.6 Å². The molecule has 0 aliphatic heterocycles. The lowest BCUT2D eigenvalue weighted by atomic mass is 10.2. The molecule has 1 aromatic heterocycles. The van der Waals surface area contributed by atoms with Crippen LogP contribution in [-0.2, 0) is 0 Å². The quantitative estimate of drug-likeness (QED) is 0.740. The first-order valence-corrected chi connectivity index (χ1v) is 5.83. The highest BCUT2D eigenvalue weighted by Gasteiger charge is 2.14. The van der Waals surface area contributed by atoms with Gasteiger partial charge in [-0.2, -0.15) is 0 Å². The van der Waals surface area contributed by atoms with Crippen molar-refractivity contribution in [2.45, 2.75) is 0 Å². The summed E-state index contributed by atoms with van der Waals surface area (Å²) in [6.45, 7) is 0. The van der Waals surface area contributed by atoms with Crippen molar-refractivity contribution >= 4 is 28.6 Å². The van der Waals surface area contributed by atoms with E-state index < -0.39 is 11.6 Å². The lowest BCUT2D eigenvalue weighted by Gasteiger charge is -2.07. The van der Waals surface area contributed by atoms with Gasteiger partial charge in [0.25, 0.3) is 0 Å². The fourth-order valence-electron chi connectivity index (χ4n) is 2.03. The van der Waals surface area contributed by atoms with Crippen LogP contribution in [0.4, 0.5) is 14.7 Å². The lowest BCUT2D eigenvalue weighted by Crippen LogP contribution is -2.02. The fourth-order valence-corrected chi connectivity index (χ4v) is 2.29. The monoisotopic (exact) mass is 279 g/mol. The third-order valence-electron chi connectivity index (χ3n) is 2.76. The molecule has 0 fully saturated rings. The van der Waals surface area contributed by atoms with E-state index in [-0.39, 0.29) is 11.6 Å². The minimum absolute atomic E-state index is 0.119. The average molecular weight is 280 g/mol. The van der Waals surface area contributed by atoms with E-state index >= 15 is 0 Å². The Morgan fingerprint density at radius 3 is 2.47 bits per heavy atom. The van der Waals surface area contributed by atoms with Crippen molar-refractivity contribution in [1.29, 1.82) is 0 Å². The summed E-state index contributed by atoms with van der Waals surface area (Å²) in [6.07, 6.45) is 0. The number of anilines is 1. The van der Waals surface area contributed by atoms with Gasteiger partial charge in [-0.1, -0.05) is 17.7 Å². The highest BCUT2D eigenvalue weighted by Crippen LogP contribution is 2.29. The first kappa shape index (κ1) is 11.9. The first-order chi connectivity index (χ1) is 9.06. The van der Waals surface area contributed by atoms with Crippen LogP contribution in [0.5, 0.6) is 0 Å². The Labute approximate surface area is 112 Å². The highest BCUT2D eigenvalue weighted by atomic mass is 35.5. The maximum atomic E-state index is 13.3. The third-order valence-corrected chi connectivity index (χ3v) is 3.06. The minimum Gasteiger partial charge on any atom is -0.369 e. The molecule has 0 atom stereocenters. The number of hydrogen-bond acceptors (Lipinski definition) is 2. The fraction of sp³-hybridized carbons (Fsp3) is 0. The van der Waals surface area contributed by atoms with E-state index in [1.54, 1.807) is 18.2 Å². The van der Waals surface area contributed by atoms with Crippen LogP contribution in [-0.4, -0.2) is 9.55 Å². The van der Waals surface area contributed by atoms with E-state index in [0.29, 0.717) is 16.1 Å². The van der Waals surface area contributed by atoms with Gasteiger partial charge in [-0.05, 0) is 24.3 Å². The largest absolute Gasteiger partial charge is 0.369 e. The molecule has 0 saturated heterocycles. The molecular weight excluding hydrogens is 272 g/mol. The zero-order valence-corrected chi connectivity index (χ0v) is 10.3. The Morgan fingerprint density at radius 2 is 1.79 bits per heavy atom. The molecule has 19 heavy (non-hydrogen) atoms. The summed E-state index contributed by atoms with van der Waals surface area (Å²) in [4.78, 5) is 4.12. The summed E-state index contributed by atoms with van der Waals surface area (Å²) < 4.78 is 28.0. The van der Waals surface area contributed by atoms with Crippen molar-refractivity contribution in [2.75, 3.05) is 5.73 Å². The van der Waals surface area contributed by atoms with Crippen LogP contribution in [0.1, 0.15) is 0 Å². The van der Waals surface area contributed by atoms with Crippen molar-refractivity contribution in [2.24, 2.45) is 0 Å². The molecule has 96 valence electrons. The summed E-state index contributed by atoms with van der Waals surface area (Å²) in [5.41, 5.74) is 7.13. The Bertz CT molecular complexity index is 763. The zero-order valence-electron chi connectivity index (χ0n) is 9.57. The topological polar surface area (TPSA) is 43.8 Å². The second-order valence-corrected chi connectivity index (χ2v) is 4.45. The number of rotatable bonds is 1. The minimum atomic E-state index is -0.691. The summed E-state index contributed by atoms with van der Waals surface area (Å²) in [5.74, 6) is -1.26. The van der Waals surface area contributed by atoms with E-state index in [0.717, 1.165) is 6.07 Å². The van der Waals surface area contributed by atoms with Gasteiger partial charge < -0.3 is 5.73 Å². The van der Waals surface area contributed by atoms with Crippen molar-refractivity contribution in [3.05, 3.63) is 53.1 Å². The highest BCUT2D eigenvalue weighted by molar-refractivity contribution is 6.35. The van der Waals surface area contributed by atoms with Gasteiger partial charge in [-0.25, -0.2) is 13.8 Å². The number of benzene rings is 2. The van der Waals surface area contributed by atoms with Crippen LogP contribution in [0.3, 0.4) is 0 Å². The third kappa shape index (κ3) is 1.92. The van der Waals surface area contributed by atoms with E-state index in [9.17, 15) is 8.78 Å². The molecule has 0 unspecified atom stereocenters. The molecular formula is C13H8ClF2N3. The Balaban J connectivity index is 2.38. The second-order valence-electron chi connectivity index (χ2n) is 4.04. The predicted molar refractivity (Wildman–Crippen MR) is 70.4 cm³/mol. The standard InChI is InChI=1S/C13H8ClF2N3/c14-10-2-1-3-11-12(10)19(13(17)18-11)9-5-7(15)4-8(16)6-9/h1-6H,(H2,17,18). The Morgan fingerprint density at radius 1 is 1.11 bits per heavy atom. The first-order valence-electron chi connectivity index (χ1n) is 5.45. The molecule has 0 aliphatic rings. The van der Waals surface area contributed by atoms with Crippen LogP contribution < -0.4 is 5.73 Å². The summed E-state index contributed by atoms with van der Waals surface area (Å²) in [5, 5.41) is 0.409. The maximum Gasteiger partial charge on any atom is 0.205 e. The van der Waals surface area contributed by atoms with Gasteiger partial charge in [-0.3, -0.25) is 4.57 Å². The smallest absolute Gasteiger partial charge is 0.205 e. The predicted octanol–water partition coefficient (Wildman–Crippen LogP) is 3.54. The van der Waals surface area contributed by atoms with E-state index in [1.165, 1.54) is 16.7 Å². The van der Waals surface area contributed by atoms with Gasteiger partial charge in [0.1, 0.15) is 11.6 Å². The molecule has 0 aliphatic carbocycles. The van der Waals surface area contributed by atoms with Gasteiger partial charge >= 0.3 is 0 Å². The summed E-state index contributed by atoms with van der Waals surface area (Å²) in [7, 11) is 0. The van der Waals surface area contributed by atoms with Gasteiger partial charge in [-0.15, -0.1) is 0 Å². The second kappa shape index (κ2) is 4.20. The van der Waals surface area contributed by atoms with Gasteiger partial charge in [0.05, 0.1) is 21.7 Å². The maximum absolute atomic E-state index is 13.3. The number of nitrogens with two attached hydrogens (primary N) is 1. The van der Waals surface area contributed by atoms with Gasteiger partial charge in [0, 0.05) is 6.07 Å². The van der Waals surface area contributed by atoms with Crippen LogP contribution in [0.2, 0.25) is 5.02 Å². The van der Waals surface area contributed by atoms with Crippen molar-refractivity contribution < 1.29 is 8.78 Å².